The van der Waals surface area contributed by atoms with Gasteiger partial charge in [-0.15, -0.1) is 0 Å². The Morgan fingerprint density at radius 2 is 1.88 bits per heavy atom. The lowest BCUT2D eigenvalue weighted by atomic mass is 10.1. The van der Waals surface area contributed by atoms with Crippen molar-refractivity contribution < 1.29 is 19.4 Å². The van der Waals surface area contributed by atoms with E-state index in [4.69, 9.17) is 14.5 Å². The van der Waals surface area contributed by atoms with Gasteiger partial charge >= 0.3 is 0 Å². The molecule has 3 aromatic rings. The number of nitrogens with one attached hydrogen (secondary N) is 2. The number of rotatable bonds is 8. The van der Waals surface area contributed by atoms with Crippen LogP contribution in [0, 0.1) is 0 Å². The Labute approximate surface area is 197 Å². The van der Waals surface area contributed by atoms with Gasteiger partial charge in [0, 0.05) is 48.7 Å². The van der Waals surface area contributed by atoms with E-state index in [1.54, 1.807) is 39.7 Å². The van der Waals surface area contributed by atoms with Crippen LogP contribution in [-0.2, 0) is 4.79 Å². The van der Waals surface area contributed by atoms with Crippen molar-refractivity contribution in [1.29, 1.82) is 0 Å². The van der Waals surface area contributed by atoms with Gasteiger partial charge in [-0.05, 0) is 36.6 Å². The van der Waals surface area contributed by atoms with E-state index in [1.807, 2.05) is 47.4 Å². The number of aliphatic hydroxyl groups is 1. The molecule has 1 aliphatic rings. The van der Waals surface area contributed by atoms with Crippen LogP contribution < -0.4 is 25.0 Å². The van der Waals surface area contributed by atoms with E-state index in [2.05, 4.69) is 15.6 Å². The number of aromatic nitrogens is 2. The SMILES string of the molecule is CNC(=O)C1C=C(c2cnc3ccc(N(CCO)c4cc(OC)cc(OC)c4)cc3n2)C=CN1. The van der Waals surface area contributed by atoms with Crippen molar-refractivity contribution in [3.05, 3.63) is 66.6 Å². The molecule has 0 radical (unpaired) electrons. The van der Waals surface area contributed by atoms with Gasteiger partial charge < -0.3 is 30.1 Å². The zero-order valence-corrected chi connectivity index (χ0v) is 19.3. The summed E-state index contributed by atoms with van der Waals surface area (Å²) < 4.78 is 10.8. The molecule has 1 atom stereocenters. The minimum atomic E-state index is -0.475. The molecule has 34 heavy (non-hydrogen) atoms. The Balaban J connectivity index is 1.74. The average molecular weight is 462 g/mol. The number of anilines is 2. The maximum absolute atomic E-state index is 12.0. The second-order valence-electron chi connectivity index (χ2n) is 7.59. The summed E-state index contributed by atoms with van der Waals surface area (Å²) in [5, 5.41) is 15.4. The lowest BCUT2D eigenvalue weighted by Gasteiger charge is -2.25. The predicted molar refractivity (Wildman–Crippen MR) is 131 cm³/mol. The molecule has 2 aromatic carbocycles. The number of aliphatic hydroxyl groups excluding tert-OH is 1. The van der Waals surface area contributed by atoms with Crippen LogP contribution in [-0.4, -0.2) is 61.4 Å². The topological polar surface area (TPSA) is 109 Å². The van der Waals surface area contributed by atoms with Crippen LogP contribution >= 0.6 is 0 Å². The molecule has 1 amide bonds. The summed E-state index contributed by atoms with van der Waals surface area (Å²) in [6.07, 6.45) is 7.11. The van der Waals surface area contributed by atoms with Crippen molar-refractivity contribution in [3.63, 3.8) is 0 Å². The summed E-state index contributed by atoms with van der Waals surface area (Å²) in [6.45, 7) is 0.317. The number of carbonyl (C=O) groups excluding carboxylic acids is 1. The molecule has 0 aliphatic carbocycles. The quantitative estimate of drug-likeness (QED) is 0.469. The lowest BCUT2D eigenvalue weighted by molar-refractivity contribution is -0.121. The Morgan fingerprint density at radius 3 is 2.56 bits per heavy atom. The molecule has 0 spiro atoms. The van der Waals surface area contributed by atoms with Crippen LogP contribution in [0.15, 0.2) is 60.9 Å². The first-order valence-electron chi connectivity index (χ1n) is 10.8. The first-order chi connectivity index (χ1) is 16.6. The number of hydrogen-bond acceptors (Lipinski definition) is 8. The van der Waals surface area contributed by atoms with Gasteiger partial charge in [-0.3, -0.25) is 9.78 Å². The number of allylic oxidation sites excluding steroid dienone is 2. The van der Waals surface area contributed by atoms with Crippen LogP contribution in [0.4, 0.5) is 11.4 Å². The van der Waals surface area contributed by atoms with Crippen molar-refractivity contribution >= 4 is 33.9 Å². The van der Waals surface area contributed by atoms with Crippen LogP contribution in [0.3, 0.4) is 0 Å². The molecule has 9 heteroatoms. The zero-order valence-electron chi connectivity index (χ0n) is 19.3. The van der Waals surface area contributed by atoms with Gasteiger partial charge in [-0.1, -0.05) is 0 Å². The number of fused-ring (bicyclic) bond motifs is 1. The minimum Gasteiger partial charge on any atom is -0.497 e. The first-order valence-corrected chi connectivity index (χ1v) is 10.8. The fraction of sp³-hybridized carbons (Fsp3) is 0.240. The normalized spacial score (nSPS) is 14.8. The molecule has 0 saturated carbocycles. The van der Waals surface area contributed by atoms with Crippen LogP contribution in [0.2, 0.25) is 0 Å². The van der Waals surface area contributed by atoms with Crippen LogP contribution in [0.1, 0.15) is 5.69 Å². The van der Waals surface area contributed by atoms with Gasteiger partial charge in [-0.2, -0.15) is 0 Å². The predicted octanol–water partition coefficient (Wildman–Crippen LogP) is 2.39. The number of hydrogen-bond donors (Lipinski definition) is 3. The maximum atomic E-state index is 12.0. The molecule has 1 aliphatic heterocycles. The Hall–Kier alpha value is -4.11. The van der Waals surface area contributed by atoms with Gasteiger partial charge in [0.25, 0.3) is 0 Å². The van der Waals surface area contributed by atoms with Gasteiger partial charge in [0.2, 0.25) is 5.91 Å². The molecule has 9 nitrogen and oxygen atoms in total. The first kappa shape index (κ1) is 23.1. The molecular weight excluding hydrogens is 434 g/mol. The van der Waals surface area contributed by atoms with E-state index in [0.717, 1.165) is 22.5 Å². The van der Waals surface area contributed by atoms with Gasteiger partial charge in [0.1, 0.15) is 17.5 Å². The molecule has 1 aromatic heterocycles. The molecule has 0 bridgehead atoms. The number of nitrogens with zero attached hydrogens (tertiary/aromatic N) is 3. The summed E-state index contributed by atoms with van der Waals surface area (Å²) in [5.41, 5.74) is 4.54. The molecule has 2 heterocycles. The van der Waals surface area contributed by atoms with Crippen molar-refractivity contribution in [3.8, 4) is 11.5 Å². The van der Waals surface area contributed by atoms with E-state index < -0.39 is 6.04 Å². The molecule has 3 N–H and O–H groups in total. The third-order valence-electron chi connectivity index (χ3n) is 5.52. The molecule has 4 rings (SSSR count). The van der Waals surface area contributed by atoms with Crippen molar-refractivity contribution in [2.45, 2.75) is 6.04 Å². The highest BCUT2D eigenvalue weighted by molar-refractivity contribution is 5.89. The highest BCUT2D eigenvalue weighted by atomic mass is 16.5. The van der Waals surface area contributed by atoms with E-state index in [9.17, 15) is 9.90 Å². The smallest absolute Gasteiger partial charge is 0.246 e. The second kappa shape index (κ2) is 10.2. The number of dihydropyridines is 1. The number of carbonyl (C=O) groups is 1. The van der Waals surface area contributed by atoms with Crippen LogP contribution in [0.5, 0.6) is 11.5 Å². The van der Waals surface area contributed by atoms with Gasteiger partial charge in [-0.25, -0.2) is 4.98 Å². The highest BCUT2D eigenvalue weighted by Gasteiger charge is 2.18. The summed E-state index contributed by atoms with van der Waals surface area (Å²) in [4.78, 5) is 23.4. The molecular formula is C25H27N5O4. The Morgan fingerprint density at radius 1 is 1.12 bits per heavy atom. The number of amides is 1. The maximum Gasteiger partial charge on any atom is 0.246 e. The van der Waals surface area contributed by atoms with Crippen molar-refractivity contribution in [2.75, 3.05) is 39.3 Å². The van der Waals surface area contributed by atoms with Crippen molar-refractivity contribution in [1.82, 2.24) is 20.6 Å². The lowest BCUT2D eigenvalue weighted by Crippen LogP contribution is -2.40. The van der Waals surface area contributed by atoms with E-state index in [0.29, 0.717) is 29.3 Å². The van der Waals surface area contributed by atoms with E-state index in [1.165, 1.54) is 0 Å². The standard InChI is InChI=1S/C25H27N5O4/c1-26-25(32)23-10-16(6-7-27-23)24-15-28-21-5-4-17(13-22(21)29-24)30(8-9-31)18-11-19(33-2)14-20(12-18)34-3/h4-7,10-15,23,27,31H,8-9H2,1-3H3,(H,26,32). The summed E-state index contributed by atoms with van der Waals surface area (Å²) in [5.74, 6) is 1.16. The van der Waals surface area contributed by atoms with Crippen LogP contribution in [0.25, 0.3) is 16.6 Å². The number of likely N-dealkylation sites (N-methyl/N-ethyl adjacent to an activating group) is 1. The average Bonchev–Trinajstić information content (AvgIpc) is 2.90. The fourth-order valence-electron chi connectivity index (χ4n) is 3.76. The Bertz CT molecular complexity index is 1240. The molecule has 0 saturated heterocycles. The fourth-order valence-corrected chi connectivity index (χ4v) is 3.76. The zero-order chi connectivity index (χ0) is 24.1. The second-order valence-corrected chi connectivity index (χ2v) is 7.59. The van der Waals surface area contributed by atoms with Gasteiger partial charge in [0.05, 0.1) is 43.8 Å². The third kappa shape index (κ3) is 4.79. The molecule has 176 valence electrons. The van der Waals surface area contributed by atoms with Gasteiger partial charge in [0.15, 0.2) is 0 Å². The number of ether oxygens (including phenoxy) is 2. The Kier molecular flexibility index (Phi) is 6.93. The van der Waals surface area contributed by atoms with E-state index >= 15 is 0 Å². The minimum absolute atomic E-state index is 0.0468. The van der Waals surface area contributed by atoms with E-state index in [-0.39, 0.29) is 12.5 Å². The summed E-state index contributed by atoms with van der Waals surface area (Å²) >= 11 is 0. The van der Waals surface area contributed by atoms with Crippen molar-refractivity contribution in [2.24, 2.45) is 0 Å². The summed E-state index contributed by atoms with van der Waals surface area (Å²) in [7, 11) is 4.80. The number of methoxy groups -OCH3 is 2. The summed E-state index contributed by atoms with van der Waals surface area (Å²) in [6, 6.07) is 10.8. The largest absolute Gasteiger partial charge is 0.497 e. The highest BCUT2D eigenvalue weighted by Crippen LogP contribution is 2.33. The molecule has 1 unspecified atom stereocenters. The third-order valence-corrected chi connectivity index (χ3v) is 5.52. The molecule has 0 fully saturated rings. The number of benzene rings is 2. The monoisotopic (exact) mass is 461 g/mol.